The Morgan fingerprint density at radius 2 is 2.00 bits per heavy atom. The number of pyridine rings is 1. The molecule has 1 aromatic heterocycles. The first-order valence-corrected chi connectivity index (χ1v) is 10.8. The van der Waals surface area contributed by atoms with Gasteiger partial charge in [0.2, 0.25) is 5.88 Å². The van der Waals surface area contributed by atoms with Gasteiger partial charge in [-0.25, -0.2) is 9.18 Å². The zero-order chi connectivity index (χ0) is 22.9. The second-order valence-corrected chi connectivity index (χ2v) is 9.12. The number of halogens is 1. The second kappa shape index (κ2) is 8.65. The van der Waals surface area contributed by atoms with Crippen LogP contribution in [0.15, 0.2) is 36.4 Å². The third-order valence-electron chi connectivity index (χ3n) is 5.77. The summed E-state index contributed by atoms with van der Waals surface area (Å²) in [6.45, 7) is 6.86. The fourth-order valence-electron chi connectivity index (χ4n) is 4.10. The minimum absolute atomic E-state index is 0.0203. The Morgan fingerprint density at radius 3 is 2.66 bits per heavy atom. The molecule has 1 aromatic carbocycles. The number of amides is 1. The molecule has 1 aliphatic carbocycles. The van der Waals surface area contributed by atoms with Crippen LogP contribution in [0.4, 0.5) is 15.0 Å². The minimum atomic E-state index is -0.519. The average Bonchev–Trinajstić information content (AvgIpc) is 2.72. The van der Waals surface area contributed by atoms with Gasteiger partial charge in [0, 0.05) is 24.7 Å². The first-order valence-electron chi connectivity index (χ1n) is 10.8. The van der Waals surface area contributed by atoms with E-state index in [1.807, 2.05) is 43.9 Å². The molecule has 0 bridgehead atoms. The van der Waals surface area contributed by atoms with Gasteiger partial charge in [-0.1, -0.05) is 12.1 Å². The van der Waals surface area contributed by atoms with Crippen LogP contribution < -0.4 is 9.64 Å². The summed E-state index contributed by atoms with van der Waals surface area (Å²) in [7, 11) is 0. The quantitative estimate of drug-likeness (QED) is 0.710. The molecule has 2 fully saturated rings. The molecule has 0 N–H and O–H groups in total. The number of benzene rings is 1. The zero-order valence-corrected chi connectivity index (χ0v) is 18.5. The third-order valence-corrected chi connectivity index (χ3v) is 5.77. The normalized spacial score (nSPS) is 20.1. The van der Waals surface area contributed by atoms with E-state index >= 15 is 0 Å². The Labute approximate surface area is 187 Å². The van der Waals surface area contributed by atoms with Crippen LogP contribution in [0.25, 0.3) is 0 Å². The van der Waals surface area contributed by atoms with Crippen molar-refractivity contribution in [2.45, 2.75) is 57.9 Å². The van der Waals surface area contributed by atoms with Crippen LogP contribution in [0.1, 0.15) is 44.7 Å². The number of nitrogens with zero attached hydrogens (tertiary/aromatic N) is 4. The number of fused-ring (bicyclic) bond motifs is 1. The summed E-state index contributed by atoms with van der Waals surface area (Å²) >= 11 is 0. The van der Waals surface area contributed by atoms with E-state index in [0.717, 1.165) is 18.7 Å². The van der Waals surface area contributed by atoms with E-state index in [9.17, 15) is 9.18 Å². The van der Waals surface area contributed by atoms with Crippen LogP contribution in [-0.4, -0.2) is 46.8 Å². The maximum atomic E-state index is 14.1. The van der Waals surface area contributed by atoms with Gasteiger partial charge < -0.3 is 19.3 Å². The number of aromatic nitrogens is 1. The van der Waals surface area contributed by atoms with E-state index in [0.29, 0.717) is 24.5 Å². The number of hydrogen-bond acceptors (Lipinski definition) is 6. The van der Waals surface area contributed by atoms with Crippen LogP contribution in [0.5, 0.6) is 5.88 Å². The lowest BCUT2D eigenvalue weighted by Gasteiger charge is -2.53. The molecule has 2 heterocycles. The lowest BCUT2D eigenvalue weighted by molar-refractivity contribution is -0.00458. The van der Waals surface area contributed by atoms with Crippen molar-refractivity contribution in [3.05, 3.63) is 53.3 Å². The van der Waals surface area contributed by atoms with Crippen molar-refractivity contribution in [2.24, 2.45) is 0 Å². The molecule has 0 radical (unpaired) electrons. The molecule has 168 valence electrons. The van der Waals surface area contributed by atoms with Gasteiger partial charge in [-0.3, -0.25) is 0 Å². The number of anilines is 1. The SMILES string of the molecule is CC(C)(C)OC(=O)N1CCN(c2cccc(OCc3ccc(C#N)cc3F)n2)[C@H]2CC[C@H]21. The molecule has 8 heteroatoms. The molecule has 2 atom stereocenters. The Hall–Kier alpha value is -3.34. The molecular formula is C24H27FN4O3. The number of ether oxygens (including phenoxy) is 2. The first kappa shape index (κ1) is 21.9. The lowest BCUT2D eigenvalue weighted by atomic mass is 9.82. The van der Waals surface area contributed by atoms with Gasteiger partial charge in [0.1, 0.15) is 23.8 Å². The van der Waals surface area contributed by atoms with Gasteiger partial charge in [0.15, 0.2) is 0 Å². The summed E-state index contributed by atoms with van der Waals surface area (Å²) in [5, 5.41) is 8.87. The van der Waals surface area contributed by atoms with Gasteiger partial charge in [0.05, 0.1) is 23.7 Å². The smallest absolute Gasteiger partial charge is 0.410 e. The summed E-state index contributed by atoms with van der Waals surface area (Å²) in [4.78, 5) is 21.3. The molecule has 0 unspecified atom stereocenters. The number of carbonyl (C=O) groups is 1. The number of hydrogen-bond donors (Lipinski definition) is 0. The van der Waals surface area contributed by atoms with E-state index in [2.05, 4.69) is 9.88 Å². The van der Waals surface area contributed by atoms with Crippen molar-refractivity contribution >= 4 is 11.9 Å². The summed E-state index contributed by atoms with van der Waals surface area (Å²) in [6.07, 6.45) is 1.66. The topological polar surface area (TPSA) is 78.7 Å². The van der Waals surface area contributed by atoms with Crippen LogP contribution in [-0.2, 0) is 11.3 Å². The molecule has 2 aromatic rings. The Bertz CT molecular complexity index is 1050. The Kier molecular flexibility index (Phi) is 5.92. The standard InChI is InChI=1S/C24H27FN4O3/c1-24(2,3)32-23(30)29-12-11-28(19-9-10-20(19)29)21-5-4-6-22(27-21)31-15-17-8-7-16(14-26)13-18(17)25/h4-8,13,19-20H,9-12,15H2,1-3H3/t19-,20+/m0/s1. The second-order valence-electron chi connectivity index (χ2n) is 9.12. The highest BCUT2D eigenvalue weighted by Gasteiger charge is 2.46. The molecule has 1 aliphatic heterocycles. The molecule has 2 aliphatic rings. The van der Waals surface area contributed by atoms with Gasteiger partial charge in [0.25, 0.3) is 0 Å². The van der Waals surface area contributed by atoms with Crippen LogP contribution in [0.2, 0.25) is 0 Å². The number of piperazine rings is 1. The maximum absolute atomic E-state index is 14.1. The molecule has 7 nitrogen and oxygen atoms in total. The minimum Gasteiger partial charge on any atom is -0.473 e. The first-order chi connectivity index (χ1) is 15.2. The largest absolute Gasteiger partial charge is 0.473 e. The maximum Gasteiger partial charge on any atom is 0.410 e. The average molecular weight is 439 g/mol. The van der Waals surface area contributed by atoms with Gasteiger partial charge in [-0.15, -0.1) is 0 Å². The summed E-state index contributed by atoms with van der Waals surface area (Å²) in [5.74, 6) is 0.703. The van der Waals surface area contributed by atoms with Crippen molar-refractivity contribution < 1.29 is 18.7 Å². The summed E-state index contributed by atoms with van der Waals surface area (Å²) in [5.41, 5.74) is 0.114. The Balaban J connectivity index is 1.42. The van der Waals surface area contributed by atoms with E-state index in [-0.39, 0.29) is 30.3 Å². The van der Waals surface area contributed by atoms with E-state index in [1.54, 1.807) is 18.2 Å². The summed E-state index contributed by atoms with van der Waals surface area (Å²) < 4.78 is 25.4. The van der Waals surface area contributed by atoms with Gasteiger partial charge >= 0.3 is 6.09 Å². The van der Waals surface area contributed by atoms with Crippen molar-refractivity contribution in [2.75, 3.05) is 18.0 Å². The van der Waals surface area contributed by atoms with E-state index < -0.39 is 11.4 Å². The molecular weight excluding hydrogens is 411 g/mol. The highest BCUT2D eigenvalue weighted by Crippen LogP contribution is 2.37. The van der Waals surface area contributed by atoms with Crippen LogP contribution in [0.3, 0.4) is 0 Å². The van der Waals surface area contributed by atoms with Crippen molar-refractivity contribution in [3.8, 4) is 11.9 Å². The van der Waals surface area contributed by atoms with Crippen molar-refractivity contribution in [3.63, 3.8) is 0 Å². The fourth-order valence-corrected chi connectivity index (χ4v) is 4.10. The monoisotopic (exact) mass is 438 g/mol. The number of carbonyl (C=O) groups excluding carboxylic acids is 1. The van der Waals surface area contributed by atoms with E-state index in [1.165, 1.54) is 6.07 Å². The number of rotatable bonds is 4. The highest BCUT2D eigenvalue weighted by molar-refractivity contribution is 5.69. The Morgan fingerprint density at radius 1 is 1.22 bits per heavy atom. The zero-order valence-electron chi connectivity index (χ0n) is 18.5. The predicted molar refractivity (Wildman–Crippen MR) is 117 cm³/mol. The lowest BCUT2D eigenvalue weighted by Crippen LogP contribution is -2.66. The molecule has 1 saturated carbocycles. The van der Waals surface area contributed by atoms with Crippen molar-refractivity contribution in [1.29, 1.82) is 5.26 Å². The van der Waals surface area contributed by atoms with Crippen molar-refractivity contribution in [1.82, 2.24) is 9.88 Å². The summed E-state index contributed by atoms with van der Waals surface area (Å²) in [6, 6.07) is 12.0. The van der Waals surface area contributed by atoms with Gasteiger partial charge in [-0.05, 0) is 51.8 Å². The van der Waals surface area contributed by atoms with E-state index in [4.69, 9.17) is 14.7 Å². The molecule has 4 rings (SSSR count). The van der Waals surface area contributed by atoms with Crippen LogP contribution >= 0.6 is 0 Å². The molecule has 0 spiro atoms. The fraction of sp³-hybridized carbons (Fsp3) is 0.458. The molecule has 1 amide bonds. The highest BCUT2D eigenvalue weighted by atomic mass is 19.1. The third kappa shape index (κ3) is 4.62. The van der Waals surface area contributed by atoms with Gasteiger partial charge in [-0.2, -0.15) is 10.2 Å². The predicted octanol–water partition coefficient (Wildman–Crippen LogP) is 4.26. The molecule has 32 heavy (non-hydrogen) atoms. The molecule has 1 saturated heterocycles. The van der Waals surface area contributed by atoms with Crippen LogP contribution in [0, 0.1) is 17.1 Å². The number of nitriles is 1.